The molecule has 0 aromatic heterocycles. The highest BCUT2D eigenvalue weighted by molar-refractivity contribution is 7.90. The van der Waals surface area contributed by atoms with Crippen LogP contribution in [0, 0.1) is 5.41 Å². The Morgan fingerprint density at radius 3 is 2.50 bits per heavy atom. The fourth-order valence-corrected chi connectivity index (χ4v) is 2.69. The topological polar surface area (TPSA) is 63.2 Å². The van der Waals surface area contributed by atoms with E-state index in [2.05, 4.69) is 19.2 Å². The second kappa shape index (κ2) is 4.73. The van der Waals surface area contributed by atoms with Gasteiger partial charge in [0, 0.05) is 18.7 Å². The summed E-state index contributed by atoms with van der Waals surface area (Å²) >= 11 is 0. The minimum atomic E-state index is -3.04. The van der Waals surface area contributed by atoms with E-state index in [0.29, 0.717) is 5.41 Å². The van der Waals surface area contributed by atoms with Gasteiger partial charge in [0.25, 0.3) is 0 Å². The monoisotopic (exact) mass is 247 g/mol. The summed E-state index contributed by atoms with van der Waals surface area (Å²) in [6.07, 6.45) is 4.33. The zero-order valence-electron chi connectivity index (χ0n) is 10.2. The van der Waals surface area contributed by atoms with Gasteiger partial charge in [0.2, 0.25) is 5.91 Å². The van der Waals surface area contributed by atoms with E-state index in [-0.39, 0.29) is 24.1 Å². The highest BCUT2D eigenvalue weighted by Gasteiger charge is 2.31. The van der Waals surface area contributed by atoms with Crippen molar-refractivity contribution < 1.29 is 13.2 Å². The van der Waals surface area contributed by atoms with Gasteiger partial charge in [0.15, 0.2) is 0 Å². The Morgan fingerprint density at radius 1 is 1.44 bits per heavy atom. The smallest absolute Gasteiger partial charge is 0.221 e. The van der Waals surface area contributed by atoms with Crippen molar-refractivity contribution in [3.05, 3.63) is 0 Å². The van der Waals surface area contributed by atoms with E-state index in [1.54, 1.807) is 0 Å². The molecule has 1 fully saturated rings. The van der Waals surface area contributed by atoms with E-state index >= 15 is 0 Å². The normalized spacial score (nSPS) is 24.3. The fraction of sp³-hybridized carbons (Fsp3) is 0.909. The van der Waals surface area contributed by atoms with Crippen LogP contribution in [0.15, 0.2) is 0 Å². The van der Waals surface area contributed by atoms with Gasteiger partial charge in [-0.25, -0.2) is 8.42 Å². The number of carbonyl (C=O) groups is 1. The molecule has 0 radical (unpaired) electrons. The summed E-state index contributed by atoms with van der Waals surface area (Å²) in [5.41, 5.74) is 0.300. The first kappa shape index (κ1) is 13.5. The molecule has 1 unspecified atom stereocenters. The van der Waals surface area contributed by atoms with Crippen molar-refractivity contribution in [1.29, 1.82) is 0 Å². The lowest BCUT2D eigenvalue weighted by Gasteiger charge is -2.17. The largest absolute Gasteiger partial charge is 0.353 e. The van der Waals surface area contributed by atoms with Crippen molar-refractivity contribution in [1.82, 2.24) is 5.32 Å². The predicted molar refractivity (Wildman–Crippen MR) is 63.9 cm³/mol. The molecule has 1 aliphatic carbocycles. The number of hydrogen-bond acceptors (Lipinski definition) is 3. The average Bonchev–Trinajstić information content (AvgIpc) is 2.41. The molecular weight excluding hydrogens is 226 g/mol. The van der Waals surface area contributed by atoms with Gasteiger partial charge in [0.1, 0.15) is 9.84 Å². The maximum atomic E-state index is 11.5. The van der Waals surface area contributed by atoms with Gasteiger partial charge < -0.3 is 5.32 Å². The van der Waals surface area contributed by atoms with Crippen LogP contribution in [0.1, 0.15) is 39.5 Å². The van der Waals surface area contributed by atoms with Gasteiger partial charge >= 0.3 is 0 Å². The number of nitrogens with one attached hydrogen (secondary N) is 1. The number of hydrogen-bond donors (Lipinski definition) is 1. The minimum Gasteiger partial charge on any atom is -0.353 e. The molecule has 0 heterocycles. The van der Waals surface area contributed by atoms with Crippen LogP contribution in [-0.2, 0) is 14.6 Å². The molecule has 1 amide bonds. The molecule has 1 atom stereocenters. The van der Waals surface area contributed by atoms with Crippen molar-refractivity contribution >= 4 is 15.7 Å². The van der Waals surface area contributed by atoms with Gasteiger partial charge in [0.05, 0.1) is 5.75 Å². The summed E-state index contributed by atoms with van der Waals surface area (Å²) in [5.74, 6) is -0.206. The number of rotatable bonds is 4. The van der Waals surface area contributed by atoms with Gasteiger partial charge in [-0.1, -0.05) is 13.8 Å². The molecule has 0 spiro atoms. The highest BCUT2D eigenvalue weighted by Crippen LogP contribution is 2.36. The molecule has 5 heteroatoms. The molecule has 0 saturated heterocycles. The van der Waals surface area contributed by atoms with Crippen LogP contribution >= 0.6 is 0 Å². The van der Waals surface area contributed by atoms with E-state index in [4.69, 9.17) is 0 Å². The minimum absolute atomic E-state index is 0.0606. The molecule has 4 nitrogen and oxygen atoms in total. The van der Waals surface area contributed by atoms with E-state index < -0.39 is 9.84 Å². The van der Waals surface area contributed by atoms with Crippen LogP contribution in [0.25, 0.3) is 0 Å². The van der Waals surface area contributed by atoms with Crippen LogP contribution in [0.5, 0.6) is 0 Å². The maximum Gasteiger partial charge on any atom is 0.221 e. The zero-order valence-corrected chi connectivity index (χ0v) is 11.1. The van der Waals surface area contributed by atoms with Gasteiger partial charge in [-0.15, -0.1) is 0 Å². The molecule has 0 aliphatic heterocycles. The molecule has 0 aromatic rings. The van der Waals surface area contributed by atoms with Gasteiger partial charge in [-0.2, -0.15) is 0 Å². The fourth-order valence-electron chi connectivity index (χ4n) is 2.14. The van der Waals surface area contributed by atoms with Crippen LogP contribution in [0.3, 0.4) is 0 Å². The SMILES string of the molecule is CC1(C)CCC(NC(=O)CCS(C)(=O)=O)C1. The summed E-state index contributed by atoms with van der Waals surface area (Å²) in [7, 11) is -3.04. The zero-order chi connectivity index (χ0) is 12.4. The Hall–Kier alpha value is -0.580. The van der Waals surface area contributed by atoms with Crippen LogP contribution in [0.4, 0.5) is 0 Å². The molecular formula is C11H21NO3S. The predicted octanol–water partition coefficient (Wildman–Crippen LogP) is 1.12. The van der Waals surface area contributed by atoms with Crippen molar-refractivity contribution in [2.75, 3.05) is 12.0 Å². The Morgan fingerprint density at radius 2 is 2.06 bits per heavy atom. The molecule has 1 saturated carbocycles. The third-order valence-electron chi connectivity index (χ3n) is 3.03. The molecule has 0 bridgehead atoms. The van der Waals surface area contributed by atoms with E-state index in [1.165, 1.54) is 0 Å². The quantitative estimate of drug-likeness (QED) is 0.809. The molecule has 1 N–H and O–H groups in total. The average molecular weight is 247 g/mol. The van der Waals surface area contributed by atoms with Crippen molar-refractivity contribution in [3.8, 4) is 0 Å². The first-order chi connectivity index (χ1) is 7.18. The van der Waals surface area contributed by atoms with Crippen LogP contribution in [0.2, 0.25) is 0 Å². The number of amides is 1. The number of sulfone groups is 1. The molecule has 0 aromatic carbocycles. The lowest BCUT2D eigenvalue weighted by molar-refractivity contribution is -0.121. The molecule has 16 heavy (non-hydrogen) atoms. The van der Waals surface area contributed by atoms with Crippen molar-refractivity contribution in [2.45, 2.75) is 45.6 Å². The standard InChI is InChI=1S/C11H21NO3S/c1-11(2)6-4-9(8-11)12-10(13)5-7-16(3,14)15/h9H,4-8H2,1-3H3,(H,12,13). The van der Waals surface area contributed by atoms with E-state index in [9.17, 15) is 13.2 Å². The van der Waals surface area contributed by atoms with E-state index in [1.807, 2.05) is 0 Å². The van der Waals surface area contributed by atoms with Crippen molar-refractivity contribution in [3.63, 3.8) is 0 Å². The third-order valence-corrected chi connectivity index (χ3v) is 3.98. The lowest BCUT2D eigenvalue weighted by Crippen LogP contribution is -2.34. The first-order valence-corrected chi connectivity index (χ1v) is 7.71. The van der Waals surface area contributed by atoms with Crippen LogP contribution in [-0.4, -0.2) is 32.4 Å². The van der Waals surface area contributed by atoms with E-state index in [0.717, 1.165) is 25.5 Å². The Balaban J connectivity index is 2.31. The Kier molecular flexibility index (Phi) is 3.99. The second-order valence-corrected chi connectivity index (χ2v) is 7.81. The van der Waals surface area contributed by atoms with Crippen LogP contribution < -0.4 is 5.32 Å². The molecule has 1 rings (SSSR count). The van der Waals surface area contributed by atoms with Gasteiger partial charge in [-0.3, -0.25) is 4.79 Å². The number of carbonyl (C=O) groups excluding carboxylic acids is 1. The Labute approximate surface area is 97.7 Å². The second-order valence-electron chi connectivity index (χ2n) is 5.55. The summed E-state index contributed by atoms with van der Waals surface area (Å²) in [5, 5.41) is 2.90. The summed E-state index contributed by atoms with van der Waals surface area (Å²) in [4.78, 5) is 11.5. The van der Waals surface area contributed by atoms with Crippen molar-refractivity contribution in [2.24, 2.45) is 5.41 Å². The molecule has 94 valence electrons. The van der Waals surface area contributed by atoms with Gasteiger partial charge in [-0.05, 0) is 24.7 Å². The summed E-state index contributed by atoms with van der Waals surface area (Å²) in [6.45, 7) is 4.38. The molecule has 1 aliphatic rings. The highest BCUT2D eigenvalue weighted by atomic mass is 32.2. The maximum absolute atomic E-state index is 11.5. The Bertz CT molecular complexity index is 359. The summed E-state index contributed by atoms with van der Waals surface area (Å²) in [6, 6.07) is 0.224. The first-order valence-electron chi connectivity index (χ1n) is 5.65. The summed E-state index contributed by atoms with van der Waals surface area (Å²) < 4.78 is 21.8. The lowest BCUT2D eigenvalue weighted by atomic mass is 9.92. The third kappa shape index (κ3) is 4.96.